The number of Topliss-reactive ketones (excluding diaryl/α,β-unsaturated/α-hetero) is 2. The summed E-state index contributed by atoms with van der Waals surface area (Å²) in [7, 11) is 2.01. The van der Waals surface area contributed by atoms with Gasteiger partial charge in [-0.25, -0.2) is 0 Å². The van der Waals surface area contributed by atoms with Gasteiger partial charge in [0.2, 0.25) is 5.91 Å². The standard InChI is InChI=1S/C11H18N2O3/c1-9(14)10(15)3-4-11(16)13-7-5-12(2)6-8-13/h3-8H2,1-2H3. The second-order valence-electron chi connectivity index (χ2n) is 4.16. The minimum absolute atomic E-state index is 0.0253. The highest BCUT2D eigenvalue weighted by Crippen LogP contribution is 2.04. The van der Waals surface area contributed by atoms with Crippen LogP contribution in [0.5, 0.6) is 0 Å². The number of carbonyl (C=O) groups excluding carboxylic acids is 3. The Hall–Kier alpha value is -1.23. The Morgan fingerprint density at radius 2 is 1.56 bits per heavy atom. The third-order valence-electron chi connectivity index (χ3n) is 2.81. The highest BCUT2D eigenvalue weighted by Gasteiger charge is 2.20. The van der Waals surface area contributed by atoms with Crippen LogP contribution in [-0.2, 0) is 14.4 Å². The smallest absolute Gasteiger partial charge is 0.223 e. The minimum Gasteiger partial charge on any atom is -0.340 e. The zero-order valence-corrected chi connectivity index (χ0v) is 9.86. The van der Waals surface area contributed by atoms with Crippen molar-refractivity contribution in [1.82, 2.24) is 9.80 Å². The van der Waals surface area contributed by atoms with Crippen molar-refractivity contribution < 1.29 is 14.4 Å². The minimum atomic E-state index is -0.467. The van der Waals surface area contributed by atoms with Crippen molar-refractivity contribution in [3.8, 4) is 0 Å². The molecule has 1 fully saturated rings. The number of carbonyl (C=O) groups is 3. The number of piperazine rings is 1. The van der Waals surface area contributed by atoms with Crippen molar-refractivity contribution in [3.05, 3.63) is 0 Å². The molecule has 16 heavy (non-hydrogen) atoms. The molecule has 0 unspecified atom stereocenters. The van der Waals surface area contributed by atoms with Gasteiger partial charge in [0, 0.05) is 45.9 Å². The molecule has 0 bridgehead atoms. The Morgan fingerprint density at radius 1 is 1.00 bits per heavy atom. The maximum Gasteiger partial charge on any atom is 0.223 e. The molecule has 1 amide bonds. The molecule has 1 heterocycles. The van der Waals surface area contributed by atoms with Crippen molar-refractivity contribution in [1.29, 1.82) is 0 Å². The van der Waals surface area contributed by atoms with Crippen LogP contribution in [0.2, 0.25) is 0 Å². The van der Waals surface area contributed by atoms with Gasteiger partial charge in [0.25, 0.3) is 0 Å². The van der Waals surface area contributed by atoms with Crippen LogP contribution in [-0.4, -0.2) is 60.5 Å². The third-order valence-corrected chi connectivity index (χ3v) is 2.81. The molecule has 0 spiro atoms. The zero-order valence-electron chi connectivity index (χ0n) is 9.86. The lowest BCUT2D eigenvalue weighted by atomic mass is 10.1. The zero-order chi connectivity index (χ0) is 12.1. The molecule has 0 N–H and O–H groups in total. The van der Waals surface area contributed by atoms with Crippen LogP contribution in [0.25, 0.3) is 0 Å². The first kappa shape index (κ1) is 12.8. The molecule has 1 aliphatic rings. The Labute approximate surface area is 95.4 Å². The van der Waals surface area contributed by atoms with Gasteiger partial charge >= 0.3 is 0 Å². The summed E-state index contributed by atoms with van der Waals surface area (Å²) in [6.07, 6.45) is 0.197. The number of hydrogen-bond acceptors (Lipinski definition) is 4. The predicted octanol–water partition coefficient (Wildman–Crippen LogP) is -0.301. The van der Waals surface area contributed by atoms with Crippen LogP contribution in [0.15, 0.2) is 0 Å². The maximum atomic E-state index is 11.7. The topological polar surface area (TPSA) is 57.7 Å². The molecule has 5 heteroatoms. The van der Waals surface area contributed by atoms with E-state index in [2.05, 4.69) is 4.90 Å². The fourth-order valence-electron chi connectivity index (χ4n) is 1.61. The lowest BCUT2D eigenvalue weighted by Gasteiger charge is -2.32. The van der Waals surface area contributed by atoms with E-state index >= 15 is 0 Å². The summed E-state index contributed by atoms with van der Waals surface area (Å²) in [5.74, 6) is -0.948. The highest BCUT2D eigenvalue weighted by atomic mass is 16.2. The van der Waals surface area contributed by atoms with E-state index in [4.69, 9.17) is 0 Å². The van der Waals surface area contributed by atoms with E-state index in [-0.39, 0.29) is 18.7 Å². The number of rotatable bonds is 4. The first-order valence-corrected chi connectivity index (χ1v) is 5.51. The average molecular weight is 226 g/mol. The molecule has 0 aromatic heterocycles. The third kappa shape index (κ3) is 3.73. The lowest BCUT2D eigenvalue weighted by Crippen LogP contribution is -2.47. The molecule has 0 aromatic carbocycles. The van der Waals surface area contributed by atoms with Crippen molar-refractivity contribution >= 4 is 17.5 Å². The average Bonchev–Trinajstić information content (AvgIpc) is 2.26. The van der Waals surface area contributed by atoms with E-state index in [0.717, 1.165) is 13.1 Å². The van der Waals surface area contributed by atoms with Gasteiger partial charge < -0.3 is 9.80 Å². The molecule has 0 atom stereocenters. The number of ketones is 2. The van der Waals surface area contributed by atoms with Crippen LogP contribution in [0, 0.1) is 0 Å². The van der Waals surface area contributed by atoms with Gasteiger partial charge in [0.05, 0.1) is 0 Å². The van der Waals surface area contributed by atoms with E-state index in [9.17, 15) is 14.4 Å². The number of nitrogens with zero attached hydrogens (tertiary/aromatic N) is 2. The Balaban J connectivity index is 2.30. The highest BCUT2D eigenvalue weighted by molar-refractivity contribution is 6.36. The molecule has 0 saturated carbocycles. The van der Waals surface area contributed by atoms with Gasteiger partial charge in [-0.1, -0.05) is 0 Å². The second kappa shape index (κ2) is 5.75. The van der Waals surface area contributed by atoms with Crippen molar-refractivity contribution in [2.24, 2.45) is 0 Å². The Morgan fingerprint density at radius 3 is 2.06 bits per heavy atom. The summed E-state index contributed by atoms with van der Waals surface area (Å²) in [6, 6.07) is 0. The van der Waals surface area contributed by atoms with E-state index in [0.29, 0.717) is 13.1 Å². The van der Waals surface area contributed by atoms with Gasteiger partial charge in [-0.15, -0.1) is 0 Å². The van der Waals surface area contributed by atoms with Crippen LogP contribution in [0.1, 0.15) is 19.8 Å². The largest absolute Gasteiger partial charge is 0.340 e. The van der Waals surface area contributed by atoms with E-state index in [1.165, 1.54) is 6.92 Å². The number of amides is 1. The maximum absolute atomic E-state index is 11.7. The summed E-state index contributed by atoms with van der Waals surface area (Å²) < 4.78 is 0. The molecule has 90 valence electrons. The van der Waals surface area contributed by atoms with Crippen molar-refractivity contribution in [2.75, 3.05) is 33.2 Å². The Bertz CT molecular complexity index is 294. The molecule has 1 aliphatic heterocycles. The summed E-state index contributed by atoms with van der Waals surface area (Å²) in [5.41, 5.74) is 0. The fraction of sp³-hybridized carbons (Fsp3) is 0.727. The first-order chi connectivity index (χ1) is 7.50. The number of hydrogen-bond donors (Lipinski definition) is 0. The van der Waals surface area contributed by atoms with E-state index < -0.39 is 11.6 Å². The molecule has 0 radical (unpaired) electrons. The first-order valence-electron chi connectivity index (χ1n) is 5.51. The molecule has 5 nitrogen and oxygen atoms in total. The van der Waals surface area contributed by atoms with Gasteiger partial charge in [0.15, 0.2) is 11.6 Å². The lowest BCUT2D eigenvalue weighted by molar-refractivity contribution is -0.138. The number of likely N-dealkylation sites (N-methyl/N-ethyl adjacent to an activating group) is 1. The summed E-state index contributed by atoms with van der Waals surface area (Å²) in [6.45, 7) is 4.40. The normalized spacial score (nSPS) is 17.2. The van der Waals surface area contributed by atoms with Crippen molar-refractivity contribution in [3.63, 3.8) is 0 Å². The van der Waals surface area contributed by atoms with Gasteiger partial charge in [0.1, 0.15) is 0 Å². The van der Waals surface area contributed by atoms with Crippen LogP contribution in [0.4, 0.5) is 0 Å². The van der Waals surface area contributed by atoms with E-state index in [1.807, 2.05) is 7.05 Å². The van der Waals surface area contributed by atoms with Crippen LogP contribution >= 0.6 is 0 Å². The molecule has 0 aromatic rings. The van der Waals surface area contributed by atoms with E-state index in [1.54, 1.807) is 4.90 Å². The quantitative estimate of drug-likeness (QED) is 0.617. The SMILES string of the molecule is CC(=O)C(=O)CCC(=O)N1CCN(C)CC1. The molecule has 1 rings (SSSR count). The van der Waals surface area contributed by atoms with Crippen LogP contribution < -0.4 is 0 Å². The van der Waals surface area contributed by atoms with Crippen molar-refractivity contribution in [2.45, 2.75) is 19.8 Å². The summed E-state index contributed by atoms with van der Waals surface area (Å²) in [4.78, 5) is 37.3. The molecule has 0 aliphatic carbocycles. The summed E-state index contributed by atoms with van der Waals surface area (Å²) >= 11 is 0. The second-order valence-corrected chi connectivity index (χ2v) is 4.16. The molecular formula is C11H18N2O3. The predicted molar refractivity (Wildman–Crippen MR) is 59.0 cm³/mol. The summed E-state index contributed by atoms with van der Waals surface area (Å²) in [5, 5.41) is 0. The van der Waals surface area contributed by atoms with Gasteiger partial charge in [-0.3, -0.25) is 14.4 Å². The van der Waals surface area contributed by atoms with Gasteiger partial charge in [-0.2, -0.15) is 0 Å². The fourth-order valence-corrected chi connectivity index (χ4v) is 1.61. The molecule has 1 saturated heterocycles. The molecular weight excluding hydrogens is 208 g/mol. The van der Waals surface area contributed by atoms with Crippen LogP contribution in [0.3, 0.4) is 0 Å². The Kier molecular flexibility index (Phi) is 4.61. The monoisotopic (exact) mass is 226 g/mol. The van der Waals surface area contributed by atoms with Gasteiger partial charge in [-0.05, 0) is 7.05 Å².